The summed E-state index contributed by atoms with van der Waals surface area (Å²) in [6, 6.07) is 0. The van der Waals surface area contributed by atoms with Crippen LogP contribution in [0.15, 0.2) is 0 Å². The van der Waals surface area contributed by atoms with Gasteiger partial charge in [0.25, 0.3) is 0 Å². The lowest BCUT2D eigenvalue weighted by Gasteiger charge is -2.64. The highest BCUT2D eigenvalue weighted by molar-refractivity contribution is 6.47. The lowest BCUT2D eigenvalue weighted by atomic mass is 9.43. The third-order valence-electron chi connectivity index (χ3n) is 7.79. The molecule has 170 valence electrons. The molecule has 0 spiro atoms. The van der Waals surface area contributed by atoms with Gasteiger partial charge in [-0.1, -0.05) is 48.5 Å². The number of carbonyl (C=O) groups excluding carboxylic acids is 2. The van der Waals surface area contributed by atoms with Crippen molar-refractivity contribution in [1.29, 1.82) is 0 Å². The van der Waals surface area contributed by atoms with E-state index in [2.05, 4.69) is 39.9 Å². The Labute approximate surface area is 183 Å². The molecule has 5 atom stereocenters. The molecule has 1 N–H and O–H groups in total. The lowest BCUT2D eigenvalue weighted by molar-refractivity contribution is -0.199. The summed E-state index contributed by atoms with van der Waals surface area (Å²) in [5.41, 5.74) is -0.0225. The molecular formula is C24H42BNO4. The van der Waals surface area contributed by atoms with Gasteiger partial charge in [-0.25, -0.2) is 0 Å². The molecule has 1 aliphatic heterocycles. The highest BCUT2D eigenvalue weighted by Gasteiger charge is 2.68. The number of hydrogen-bond acceptors (Lipinski definition) is 4. The number of Topliss-reactive ketones (excluding diaryl/α,β-unsaturated/α-hetero) is 1. The molecule has 30 heavy (non-hydrogen) atoms. The first-order valence-corrected chi connectivity index (χ1v) is 11.8. The summed E-state index contributed by atoms with van der Waals surface area (Å²) < 4.78 is 13.1. The van der Waals surface area contributed by atoms with Gasteiger partial charge in [0.05, 0.1) is 18.2 Å². The molecule has 4 aliphatic rings. The van der Waals surface area contributed by atoms with Gasteiger partial charge in [0, 0.05) is 18.7 Å². The predicted octanol–water partition coefficient (Wildman–Crippen LogP) is 4.64. The molecule has 2 bridgehead atoms. The van der Waals surface area contributed by atoms with Crippen LogP contribution < -0.4 is 5.32 Å². The van der Waals surface area contributed by atoms with Crippen molar-refractivity contribution in [1.82, 2.24) is 5.32 Å². The Morgan fingerprint density at radius 2 is 1.83 bits per heavy atom. The van der Waals surface area contributed by atoms with E-state index in [1.807, 2.05) is 20.8 Å². The van der Waals surface area contributed by atoms with E-state index in [9.17, 15) is 9.59 Å². The summed E-state index contributed by atoms with van der Waals surface area (Å²) >= 11 is 0. The van der Waals surface area contributed by atoms with Gasteiger partial charge >= 0.3 is 7.12 Å². The van der Waals surface area contributed by atoms with Crippen molar-refractivity contribution in [2.75, 3.05) is 6.54 Å². The van der Waals surface area contributed by atoms with E-state index in [-0.39, 0.29) is 48.3 Å². The van der Waals surface area contributed by atoms with E-state index in [4.69, 9.17) is 9.31 Å². The van der Waals surface area contributed by atoms with Gasteiger partial charge in [0.15, 0.2) is 5.78 Å². The molecule has 3 aliphatic carbocycles. The van der Waals surface area contributed by atoms with Crippen LogP contribution in [0.3, 0.4) is 0 Å². The van der Waals surface area contributed by atoms with Crippen LogP contribution in [0.2, 0.25) is 5.82 Å². The number of hydrogen-bond donors (Lipinski definition) is 1. The second-order valence-corrected chi connectivity index (χ2v) is 12.5. The van der Waals surface area contributed by atoms with Crippen LogP contribution in [-0.2, 0) is 18.9 Å². The van der Waals surface area contributed by atoms with Crippen LogP contribution in [0.1, 0.15) is 87.5 Å². The number of nitrogens with one attached hydrogen (secondary N) is 1. The first-order chi connectivity index (χ1) is 13.7. The van der Waals surface area contributed by atoms with Crippen molar-refractivity contribution >= 4 is 18.8 Å². The van der Waals surface area contributed by atoms with E-state index < -0.39 is 0 Å². The van der Waals surface area contributed by atoms with Crippen LogP contribution in [0.4, 0.5) is 0 Å². The molecule has 0 aromatic heterocycles. The normalized spacial score (nSPS) is 33.1. The quantitative estimate of drug-likeness (QED) is 0.582. The molecular weight excluding hydrogens is 377 g/mol. The van der Waals surface area contributed by atoms with Gasteiger partial charge in [-0.3, -0.25) is 9.59 Å². The molecule has 4 fully saturated rings. The average molecular weight is 419 g/mol. The number of amides is 1. The Bertz CT molecular complexity index is 671. The summed E-state index contributed by atoms with van der Waals surface area (Å²) in [5, 5.41) is 2.80. The van der Waals surface area contributed by atoms with Gasteiger partial charge < -0.3 is 14.6 Å². The number of ketones is 1. The Hall–Kier alpha value is -0.875. The molecule has 0 radical (unpaired) electrons. The van der Waals surface area contributed by atoms with Crippen molar-refractivity contribution < 1.29 is 18.9 Å². The molecule has 0 aromatic rings. The Morgan fingerprint density at radius 1 is 1.17 bits per heavy atom. The average Bonchev–Trinajstić information content (AvgIpc) is 2.94. The van der Waals surface area contributed by atoms with Gasteiger partial charge in [-0.2, -0.15) is 0 Å². The third kappa shape index (κ3) is 4.80. The Kier molecular flexibility index (Phi) is 6.53. The van der Waals surface area contributed by atoms with Crippen molar-refractivity contribution in [3.8, 4) is 0 Å². The zero-order valence-corrected chi connectivity index (χ0v) is 20.3. The molecule has 3 saturated carbocycles. The first-order valence-electron chi connectivity index (χ1n) is 11.8. The van der Waals surface area contributed by atoms with E-state index in [0.29, 0.717) is 36.0 Å². The molecule has 0 aromatic carbocycles. The van der Waals surface area contributed by atoms with Crippen molar-refractivity contribution in [3.05, 3.63) is 0 Å². The summed E-state index contributed by atoms with van der Waals surface area (Å²) in [6.45, 7) is 17.4. The second-order valence-electron chi connectivity index (χ2n) is 12.5. The maximum Gasteiger partial charge on any atom is 0.461 e. The largest absolute Gasteiger partial charge is 0.461 e. The summed E-state index contributed by atoms with van der Waals surface area (Å²) in [4.78, 5) is 24.8. The summed E-state index contributed by atoms with van der Waals surface area (Å²) in [7, 11) is -0.327. The molecule has 1 heterocycles. The minimum Gasteiger partial charge on any atom is -0.405 e. The maximum atomic E-state index is 12.7. The van der Waals surface area contributed by atoms with E-state index in [1.54, 1.807) is 0 Å². The summed E-state index contributed by atoms with van der Waals surface area (Å²) in [5.74, 6) is 1.70. The summed E-state index contributed by atoms with van der Waals surface area (Å²) in [6.07, 6.45) is 4.11. The molecule has 6 heteroatoms. The number of carbonyl (C=O) groups is 2. The number of rotatable bonds is 8. The molecule has 1 unspecified atom stereocenters. The van der Waals surface area contributed by atoms with E-state index in [1.165, 1.54) is 6.42 Å². The van der Waals surface area contributed by atoms with Gasteiger partial charge in [0.2, 0.25) is 5.91 Å². The van der Waals surface area contributed by atoms with Crippen molar-refractivity contribution in [3.63, 3.8) is 0 Å². The van der Waals surface area contributed by atoms with E-state index in [0.717, 1.165) is 12.8 Å². The monoisotopic (exact) mass is 419 g/mol. The van der Waals surface area contributed by atoms with Crippen molar-refractivity contribution in [2.24, 2.45) is 28.6 Å². The first kappa shape index (κ1) is 23.8. The fourth-order valence-electron chi connectivity index (χ4n) is 6.10. The fraction of sp³-hybridized carbons (Fsp3) is 0.917. The highest BCUT2D eigenvalue weighted by atomic mass is 16.7. The van der Waals surface area contributed by atoms with Gasteiger partial charge in [-0.05, 0) is 54.8 Å². The SMILES string of the molecule is CC(C)C[C@H](CC(=O)CNC(=O)CC(C)(C)C)B1O[C@@H]2C[C@@H]3CC(C3(C)C)[C@]2(C)O1. The smallest absolute Gasteiger partial charge is 0.405 e. The second kappa shape index (κ2) is 8.24. The molecule has 4 rings (SSSR count). The van der Waals surface area contributed by atoms with Crippen molar-refractivity contribution in [2.45, 2.75) is 105 Å². The van der Waals surface area contributed by atoms with Crippen LogP contribution in [0.5, 0.6) is 0 Å². The minimum absolute atomic E-state index is 0.0276. The predicted molar refractivity (Wildman–Crippen MR) is 120 cm³/mol. The lowest BCUT2D eigenvalue weighted by Crippen LogP contribution is -2.65. The standard InChI is InChI=1S/C24H42BNO4/c1-15(2)9-17(12-18(27)14-26-21(28)13-22(3,4)5)25-29-20-11-16-10-19(23(16,6)7)24(20,8)30-25/h15-17,19-20H,9-14H2,1-8H3,(H,26,28)/t16-,17+,19?,20+,24-/m0/s1. The molecule has 1 saturated heterocycles. The minimum atomic E-state index is -0.327. The van der Waals surface area contributed by atoms with Crippen LogP contribution in [0, 0.1) is 28.6 Å². The van der Waals surface area contributed by atoms with Crippen LogP contribution >= 0.6 is 0 Å². The Morgan fingerprint density at radius 3 is 2.40 bits per heavy atom. The zero-order chi connectivity index (χ0) is 22.5. The topological polar surface area (TPSA) is 64.6 Å². The molecule has 1 amide bonds. The van der Waals surface area contributed by atoms with Crippen LogP contribution in [-0.4, -0.2) is 37.1 Å². The zero-order valence-electron chi connectivity index (χ0n) is 20.3. The molecule has 5 nitrogen and oxygen atoms in total. The fourth-order valence-corrected chi connectivity index (χ4v) is 6.10. The Balaban J connectivity index is 1.60. The van der Waals surface area contributed by atoms with Gasteiger partial charge in [-0.15, -0.1) is 0 Å². The van der Waals surface area contributed by atoms with Crippen LogP contribution in [0.25, 0.3) is 0 Å². The highest BCUT2D eigenvalue weighted by Crippen LogP contribution is 2.66. The maximum absolute atomic E-state index is 12.7. The third-order valence-corrected chi connectivity index (χ3v) is 7.79. The van der Waals surface area contributed by atoms with E-state index >= 15 is 0 Å². The van der Waals surface area contributed by atoms with Gasteiger partial charge in [0.1, 0.15) is 0 Å².